The molecule has 0 N–H and O–H groups in total. The number of hydrogen-bond donors (Lipinski definition) is 0. The van der Waals surface area contributed by atoms with Crippen molar-refractivity contribution in [2.24, 2.45) is 0 Å². The number of fused-ring (bicyclic) bond motifs is 1. The average molecular weight is 432 g/mol. The van der Waals surface area contributed by atoms with E-state index in [9.17, 15) is 4.79 Å². The van der Waals surface area contributed by atoms with Crippen LogP contribution in [0, 0.1) is 13.8 Å². The second kappa shape index (κ2) is 9.27. The molecule has 0 radical (unpaired) electrons. The predicted molar refractivity (Wildman–Crippen MR) is 126 cm³/mol. The fourth-order valence-electron chi connectivity index (χ4n) is 3.38. The number of rotatable bonds is 7. The summed E-state index contributed by atoms with van der Waals surface area (Å²) in [7, 11) is 0. The summed E-state index contributed by atoms with van der Waals surface area (Å²) < 4.78 is 6.61. The third-order valence-corrected chi connectivity index (χ3v) is 6.22. The molecule has 1 amide bonds. The Morgan fingerprint density at radius 1 is 1.06 bits per heavy atom. The molecular formula is C25H25N3O2S. The number of carbonyl (C=O) groups is 1. The number of pyridine rings is 1. The van der Waals surface area contributed by atoms with Crippen LogP contribution in [0.4, 0.5) is 5.13 Å². The van der Waals surface area contributed by atoms with Crippen LogP contribution in [-0.4, -0.2) is 22.5 Å². The molecule has 4 rings (SSSR count). The van der Waals surface area contributed by atoms with Gasteiger partial charge in [-0.05, 0) is 67.3 Å². The van der Waals surface area contributed by atoms with Gasteiger partial charge in [-0.15, -0.1) is 0 Å². The Balaban J connectivity index is 1.67. The third-order valence-electron chi connectivity index (χ3n) is 5.18. The lowest BCUT2D eigenvalue weighted by atomic mass is 10.0. The number of hydrogen-bond acceptors (Lipinski definition) is 5. The monoisotopic (exact) mass is 431 g/mol. The summed E-state index contributed by atoms with van der Waals surface area (Å²) in [6.07, 6.45) is 3.84. The lowest BCUT2D eigenvalue weighted by molar-refractivity contribution is -0.118. The highest BCUT2D eigenvalue weighted by Gasteiger charge is 2.21. The predicted octanol–water partition coefficient (Wildman–Crippen LogP) is 5.48. The molecule has 4 aromatic rings. The van der Waals surface area contributed by atoms with Gasteiger partial charge < -0.3 is 4.74 Å². The minimum absolute atomic E-state index is 0.0104. The summed E-state index contributed by atoms with van der Waals surface area (Å²) in [6.45, 7) is 7.14. The highest BCUT2D eigenvalue weighted by molar-refractivity contribution is 7.22. The van der Waals surface area contributed by atoms with Crippen molar-refractivity contribution in [3.05, 3.63) is 83.2 Å². The van der Waals surface area contributed by atoms with Crippen molar-refractivity contribution in [2.75, 3.05) is 11.5 Å². The van der Waals surface area contributed by atoms with Crippen LogP contribution in [0.1, 0.15) is 29.2 Å². The lowest BCUT2D eigenvalue weighted by Crippen LogP contribution is -2.31. The minimum Gasteiger partial charge on any atom is -0.494 e. The van der Waals surface area contributed by atoms with Crippen LogP contribution >= 0.6 is 11.3 Å². The molecule has 0 saturated carbocycles. The highest BCUT2D eigenvalue weighted by Crippen LogP contribution is 2.32. The molecule has 158 valence electrons. The molecule has 2 heterocycles. The van der Waals surface area contributed by atoms with E-state index in [-0.39, 0.29) is 5.91 Å². The van der Waals surface area contributed by atoms with Crippen molar-refractivity contribution in [3.63, 3.8) is 0 Å². The molecule has 0 saturated heterocycles. The zero-order valence-electron chi connectivity index (χ0n) is 18.0. The van der Waals surface area contributed by atoms with Gasteiger partial charge >= 0.3 is 0 Å². The van der Waals surface area contributed by atoms with Gasteiger partial charge in [-0.3, -0.25) is 14.7 Å². The van der Waals surface area contributed by atoms with Gasteiger partial charge in [-0.1, -0.05) is 35.6 Å². The first kappa shape index (κ1) is 21.0. The van der Waals surface area contributed by atoms with Gasteiger partial charge in [0.2, 0.25) is 5.91 Å². The van der Waals surface area contributed by atoms with Crippen LogP contribution in [0.15, 0.2) is 60.9 Å². The van der Waals surface area contributed by atoms with Crippen LogP contribution in [0.5, 0.6) is 5.75 Å². The summed E-state index contributed by atoms with van der Waals surface area (Å²) in [5.41, 5.74) is 5.24. The molecule has 2 aromatic heterocycles. The smallest absolute Gasteiger partial charge is 0.233 e. The zero-order valence-corrected chi connectivity index (χ0v) is 18.8. The first-order valence-electron chi connectivity index (χ1n) is 10.3. The standard InChI is InChI=1S/C25H25N3O2S/c1-4-30-21-9-10-22-23(14-21)31-25(27-22)28(16-20-6-5-11-26-15-20)24(29)13-19-8-7-17(2)18(3)12-19/h5-12,14-15H,4,13,16H2,1-3H3. The van der Waals surface area contributed by atoms with Gasteiger partial charge in [-0.25, -0.2) is 4.98 Å². The number of carbonyl (C=O) groups excluding carboxylic acids is 1. The van der Waals surface area contributed by atoms with E-state index in [1.807, 2.05) is 43.3 Å². The molecule has 0 unspecified atom stereocenters. The number of ether oxygens (including phenoxy) is 1. The van der Waals surface area contributed by atoms with Crippen molar-refractivity contribution >= 4 is 32.6 Å². The first-order valence-corrected chi connectivity index (χ1v) is 11.1. The third kappa shape index (κ3) is 4.91. The van der Waals surface area contributed by atoms with Crippen LogP contribution in [-0.2, 0) is 17.8 Å². The van der Waals surface area contributed by atoms with Crippen molar-refractivity contribution in [1.82, 2.24) is 9.97 Å². The average Bonchev–Trinajstić information content (AvgIpc) is 3.18. The van der Waals surface area contributed by atoms with Crippen LogP contribution in [0.3, 0.4) is 0 Å². The van der Waals surface area contributed by atoms with Gasteiger partial charge in [-0.2, -0.15) is 0 Å². The molecule has 0 fully saturated rings. The Morgan fingerprint density at radius 3 is 2.68 bits per heavy atom. The van der Waals surface area contributed by atoms with E-state index in [0.29, 0.717) is 24.7 Å². The van der Waals surface area contributed by atoms with E-state index in [1.54, 1.807) is 17.3 Å². The number of nitrogens with zero attached hydrogens (tertiary/aromatic N) is 3. The topological polar surface area (TPSA) is 55.3 Å². The summed E-state index contributed by atoms with van der Waals surface area (Å²) in [5.74, 6) is 0.821. The number of aryl methyl sites for hydroxylation is 2. The summed E-state index contributed by atoms with van der Waals surface area (Å²) in [5, 5.41) is 0.682. The van der Waals surface area contributed by atoms with Crippen LogP contribution in [0.25, 0.3) is 10.2 Å². The highest BCUT2D eigenvalue weighted by atomic mass is 32.1. The molecule has 6 heteroatoms. The maximum Gasteiger partial charge on any atom is 0.233 e. The van der Waals surface area contributed by atoms with Crippen molar-refractivity contribution in [2.45, 2.75) is 33.7 Å². The molecule has 0 atom stereocenters. The van der Waals surface area contributed by atoms with Crippen LogP contribution < -0.4 is 9.64 Å². The summed E-state index contributed by atoms with van der Waals surface area (Å²) >= 11 is 1.50. The van der Waals surface area contributed by atoms with E-state index in [4.69, 9.17) is 9.72 Å². The molecule has 0 bridgehead atoms. The van der Waals surface area contributed by atoms with Crippen LogP contribution in [0.2, 0.25) is 0 Å². The second-order valence-electron chi connectivity index (χ2n) is 7.50. The van der Waals surface area contributed by atoms with E-state index in [2.05, 4.69) is 31.0 Å². The number of thiazole rings is 1. The fraction of sp³-hybridized carbons (Fsp3) is 0.240. The Bertz CT molecular complexity index is 1200. The fourth-order valence-corrected chi connectivity index (χ4v) is 4.40. The van der Waals surface area contributed by atoms with Crippen molar-refractivity contribution < 1.29 is 9.53 Å². The largest absolute Gasteiger partial charge is 0.494 e. The molecule has 0 aliphatic rings. The summed E-state index contributed by atoms with van der Waals surface area (Å²) in [4.78, 5) is 24.1. The van der Waals surface area contributed by atoms with Crippen molar-refractivity contribution in [1.29, 1.82) is 0 Å². The maximum absolute atomic E-state index is 13.4. The number of anilines is 1. The lowest BCUT2D eigenvalue weighted by Gasteiger charge is -2.20. The maximum atomic E-state index is 13.4. The van der Waals surface area contributed by atoms with E-state index in [0.717, 1.165) is 27.1 Å². The van der Waals surface area contributed by atoms with Gasteiger partial charge in [0.1, 0.15) is 5.75 Å². The molecular weight excluding hydrogens is 406 g/mol. The Kier molecular flexibility index (Phi) is 6.28. The van der Waals surface area contributed by atoms with Gasteiger partial charge in [0, 0.05) is 12.4 Å². The molecule has 31 heavy (non-hydrogen) atoms. The van der Waals surface area contributed by atoms with Gasteiger partial charge in [0.05, 0.1) is 29.8 Å². The first-order chi connectivity index (χ1) is 15.0. The Hall–Kier alpha value is -3.25. The van der Waals surface area contributed by atoms with E-state index in [1.165, 1.54) is 22.5 Å². The normalized spacial score (nSPS) is 10.9. The SMILES string of the molecule is CCOc1ccc2nc(N(Cc3cccnc3)C(=O)Cc3ccc(C)c(C)c3)sc2c1. The Morgan fingerprint density at radius 2 is 1.94 bits per heavy atom. The van der Waals surface area contributed by atoms with Gasteiger partial charge in [0.15, 0.2) is 5.13 Å². The number of benzene rings is 2. The van der Waals surface area contributed by atoms with E-state index >= 15 is 0 Å². The van der Waals surface area contributed by atoms with E-state index < -0.39 is 0 Å². The molecule has 0 aliphatic carbocycles. The molecule has 0 aliphatic heterocycles. The van der Waals surface area contributed by atoms with Gasteiger partial charge in [0.25, 0.3) is 0 Å². The minimum atomic E-state index is 0.0104. The molecule has 2 aromatic carbocycles. The zero-order chi connectivity index (χ0) is 21.8. The Labute approximate surface area is 186 Å². The quantitative estimate of drug-likeness (QED) is 0.389. The number of amides is 1. The molecule has 0 spiro atoms. The summed E-state index contributed by atoms with van der Waals surface area (Å²) in [6, 6.07) is 15.9. The molecule has 5 nitrogen and oxygen atoms in total. The second-order valence-corrected chi connectivity index (χ2v) is 8.50. The number of aromatic nitrogens is 2. The van der Waals surface area contributed by atoms with Crippen molar-refractivity contribution in [3.8, 4) is 5.75 Å².